The number of carbonyl (C=O) groups is 1. The first kappa shape index (κ1) is 16.2. The van der Waals surface area contributed by atoms with E-state index in [4.69, 9.17) is 0 Å². The number of benzene rings is 1. The molecule has 0 spiro atoms. The molecule has 4 heteroatoms. The SMILES string of the molecule is CNC(=O)c1ccc(CN[C@@H](c2cccs2)C2CCCC2)cc1. The van der Waals surface area contributed by atoms with Crippen LogP contribution in [0.2, 0.25) is 0 Å². The van der Waals surface area contributed by atoms with Crippen molar-refractivity contribution in [3.63, 3.8) is 0 Å². The summed E-state index contributed by atoms with van der Waals surface area (Å²) in [6, 6.07) is 12.7. The molecular weight excluding hydrogens is 304 g/mol. The molecule has 23 heavy (non-hydrogen) atoms. The lowest BCUT2D eigenvalue weighted by Crippen LogP contribution is -2.26. The Morgan fingerprint density at radius 1 is 1.22 bits per heavy atom. The molecule has 1 atom stereocenters. The molecule has 0 radical (unpaired) electrons. The van der Waals surface area contributed by atoms with Gasteiger partial charge >= 0.3 is 0 Å². The van der Waals surface area contributed by atoms with E-state index in [1.807, 2.05) is 35.6 Å². The van der Waals surface area contributed by atoms with Crippen LogP contribution in [0.1, 0.15) is 52.5 Å². The predicted octanol–water partition coefficient (Wildman–Crippen LogP) is 4.13. The number of amides is 1. The fraction of sp³-hybridized carbons (Fsp3) is 0.421. The summed E-state index contributed by atoms with van der Waals surface area (Å²) in [5.74, 6) is 0.714. The summed E-state index contributed by atoms with van der Waals surface area (Å²) in [7, 11) is 1.66. The Hall–Kier alpha value is -1.65. The highest BCUT2D eigenvalue weighted by Crippen LogP contribution is 2.37. The molecule has 3 nitrogen and oxygen atoms in total. The molecule has 1 aliphatic rings. The lowest BCUT2D eigenvalue weighted by Gasteiger charge is -2.24. The lowest BCUT2D eigenvalue weighted by atomic mass is 9.96. The van der Waals surface area contributed by atoms with E-state index in [1.54, 1.807) is 7.05 Å². The van der Waals surface area contributed by atoms with Gasteiger partial charge in [-0.1, -0.05) is 31.0 Å². The minimum atomic E-state index is -0.0353. The largest absolute Gasteiger partial charge is 0.355 e. The molecule has 2 aromatic rings. The van der Waals surface area contributed by atoms with Crippen LogP contribution in [0.25, 0.3) is 0 Å². The molecule has 1 saturated carbocycles. The maximum atomic E-state index is 11.6. The maximum absolute atomic E-state index is 11.6. The van der Waals surface area contributed by atoms with Crippen molar-refractivity contribution in [3.8, 4) is 0 Å². The Morgan fingerprint density at radius 2 is 1.96 bits per heavy atom. The number of nitrogens with one attached hydrogen (secondary N) is 2. The molecule has 0 saturated heterocycles. The molecule has 122 valence electrons. The zero-order valence-corrected chi connectivity index (χ0v) is 14.4. The van der Waals surface area contributed by atoms with E-state index < -0.39 is 0 Å². The van der Waals surface area contributed by atoms with E-state index in [0.717, 1.165) is 12.5 Å². The first-order chi connectivity index (χ1) is 11.3. The molecule has 1 heterocycles. The Labute approximate surface area is 142 Å². The van der Waals surface area contributed by atoms with Crippen molar-refractivity contribution in [2.45, 2.75) is 38.3 Å². The summed E-state index contributed by atoms with van der Waals surface area (Å²) >= 11 is 1.85. The molecule has 0 unspecified atom stereocenters. The van der Waals surface area contributed by atoms with Gasteiger partial charge in [0.2, 0.25) is 0 Å². The normalized spacial score (nSPS) is 16.4. The standard InChI is InChI=1S/C19H24N2OS/c1-20-19(22)16-10-8-14(9-11-16)13-21-18(15-5-2-3-6-15)17-7-4-12-23-17/h4,7-12,15,18,21H,2-3,5-6,13H2,1H3,(H,20,22)/t18-/m1/s1. The monoisotopic (exact) mass is 328 g/mol. The third kappa shape index (κ3) is 4.01. The molecule has 3 rings (SSSR count). The second-order valence-corrected chi connectivity index (χ2v) is 7.17. The van der Waals surface area contributed by atoms with E-state index in [2.05, 4.69) is 28.1 Å². The molecular formula is C19H24N2OS. The van der Waals surface area contributed by atoms with Gasteiger partial charge in [-0.15, -0.1) is 11.3 Å². The number of carbonyl (C=O) groups excluding carboxylic acids is 1. The van der Waals surface area contributed by atoms with Crippen molar-refractivity contribution in [1.29, 1.82) is 0 Å². The summed E-state index contributed by atoms with van der Waals surface area (Å²) in [5, 5.41) is 8.57. The van der Waals surface area contributed by atoms with Gasteiger partial charge in [0, 0.05) is 30.1 Å². The number of hydrogen-bond donors (Lipinski definition) is 2. The van der Waals surface area contributed by atoms with E-state index >= 15 is 0 Å². The van der Waals surface area contributed by atoms with E-state index in [0.29, 0.717) is 11.6 Å². The first-order valence-corrected chi connectivity index (χ1v) is 9.23. The van der Waals surface area contributed by atoms with Gasteiger partial charge in [-0.05, 0) is 47.9 Å². The van der Waals surface area contributed by atoms with Crippen molar-refractivity contribution >= 4 is 17.2 Å². The lowest BCUT2D eigenvalue weighted by molar-refractivity contribution is 0.0963. The highest BCUT2D eigenvalue weighted by atomic mass is 32.1. The summed E-state index contributed by atoms with van der Waals surface area (Å²) in [6.45, 7) is 0.840. The van der Waals surface area contributed by atoms with Crippen molar-refractivity contribution in [2.24, 2.45) is 5.92 Å². The molecule has 0 aliphatic heterocycles. The zero-order valence-electron chi connectivity index (χ0n) is 13.5. The smallest absolute Gasteiger partial charge is 0.251 e. The summed E-state index contributed by atoms with van der Waals surface area (Å²) in [4.78, 5) is 13.0. The van der Waals surface area contributed by atoms with Gasteiger partial charge in [0.15, 0.2) is 0 Å². The average Bonchev–Trinajstić information content (AvgIpc) is 3.29. The van der Waals surface area contributed by atoms with Crippen LogP contribution in [0.15, 0.2) is 41.8 Å². The van der Waals surface area contributed by atoms with Crippen LogP contribution < -0.4 is 10.6 Å². The van der Waals surface area contributed by atoms with Crippen molar-refractivity contribution < 1.29 is 4.79 Å². The molecule has 1 aliphatic carbocycles. The van der Waals surface area contributed by atoms with Crippen LogP contribution in [0.4, 0.5) is 0 Å². The maximum Gasteiger partial charge on any atom is 0.251 e. The van der Waals surface area contributed by atoms with Gasteiger partial charge in [0.1, 0.15) is 0 Å². The van der Waals surface area contributed by atoms with Crippen molar-refractivity contribution in [2.75, 3.05) is 7.05 Å². The fourth-order valence-electron chi connectivity index (χ4n) is 3.40. The van der Waals surface area contributed by atoms with Gasteiger partial charge in [-0.25, -0.2) is 0 Å². The molecule has 1 fully saturated rings. The van der Waals surface area contributed by atoms with Gasteiger partial charge in [0.25, 0.3) is 5.91 Å². The van der Waals surface area contributed by atoms with Crippen LogP contribution >= 0.6 is 11.3 Å². The second kappa shape index (κ2) is 7.75. The summed E-state index contributed by atoms with van der Waals surface area (Å²) in [6.07, 6.45) is 5.36. The van der Waals surface area contributed by atoms with Gasteiger partial charge in [0.05, 0.1) is 0 Å². The second-order valence-electron chi connectivity index (χ2n) is 6.19. The zero-order chi connectivity index (χ0) is 16.1. The Bertz CT molecular complexity index is 615. The van der Waals surface area contributed by atoms with Crippen LogP contribution in [-0.4, -0.2) is 13.0 Å². The van der Waals surface area contributed by atoms with Gasteiger partial charge in [-0.2, -0.15) is 0 Å². The van der Waals surface area contributed by atoms with E-state index in [1.165, 1.54) is 36.1 Å². The Kier molecular flexibility index (Phi) is 5.47. The molecule has 1 aromatic heterocycles. The average molecular weight is 328 g/mol. The number of thiophene rings is 1. The molecule has 1 amide bonds. The van der Waals surface area contributed by atoms with Crippen molar-refractivity contribution in [3.05, 3.63) is 57.8 Å². The van der Waals surface area contributed by atoms with Crippen LogP contribution in [-0.2, 0) is 6.54 Å². The van der Waals surface area contributed by atoms with E-state index in [9.17, 15) is 4.79 Å². The summed E-state index contributed by atoms with van der Waals surface area (Å²) in [5.41, 5.74) is 1.93. The molecule has 0 bridgehead atoms. The topological polar surface area (TPSA) is 41.1 Å². The third-order valence-corrected chi connectivity index (χ3v) is 5.65. The predicted molar refractivity (Wildman–Crippen MR) is 95.7 cm³/mol. The minimum Gasteiger partial charge on any atom is -0.355 e. The van der Waals surface area contributed by atoms with Crippen LogP contribution in [0, 0.1) is 5.92 Å². The Morgan fingerprint density at radius 3 is 2.57 bits per heavy atom. The molecule has 2 N–H and O–H groups in total. The van der Waals surface area contributed by atoms with Crippen molar-refractivity contribution in [1.82, 2.24) is 10.6 Å². The first-order valence-electron chi connectivity index (χ1n) is 8.35. The quantitative estimate of drug-likeness (QED) is 0.837. The minimum absolute atomic E-state index is 0.0353. The number of hydrogen-bond acceptors (Lipinski definition) is 3. The highest BCUT2D eigenvalue weighted by Gasteiger charge is 2.26. The fourth-order valence-corrected chi connectivity index (χ4v) is 4.30. The van der Waals surface area contributed by atoms with Crippen LogP contribution in [0.5, 0.6) is 0 Å². The number of rotatable bonds is 6. The Balaban J connectivity index is 1.65. The van der Waals surface area contributed by atoms with E-state index in [-0.39, 0.29) is 5.91 Å². The summed E-state index contributed by atoms with van der Waals surface area (Å²) < 4.78 is 0. The molecule has 1 aromatic carbocycles. The third-order valence-electron chi connectivity index (χ3n) is 4.69. The van der Waals surface area contributed by atoms with Gasteiger partial charge < -0.3 is 10.6 Å². The highest BCUT2D eigenvalue weighted by molar-refractivity contribution is 7.10. The van der Waals surface area contributed by atoms with Crippen LogP contribution in [0.3, 0.4) is 0 Å². The van der Waals surface area contributed by atoms with Gasteiger partial charge in [-0.3, -0.25) is 4.79 Å².